The van der Waals surface area contributed by atoms with Crippen molar-refractivity contribution in [1.29, 1.82) is 0 Å². The molecule has 0 fully saturated rings. The number of hydrogen-bond donors (Lipinski definition) is 6. The molecule has 0 saturated heterocycles. The number of nitrogens with one attached hydrogen (secondary N) is 6. The van der Waals surface area contributed by atoms with Crippen molar-refractivity contribution in [1.82, 2.24) is 30.9 Å². The standard InChI is InChI=1S/C42H40N6/c1-5-13-29(14-6-1)39-35-25-43-23-33-21-22-34(46-33)24-44-26-36-40(30-15-7-2-8-16-30)42(32-19-11-4-12-20-32)38(48-36)28-45-27-37(47-35)41(39)31-17-9-3-10-18-31/h1-22,43-48H,23-28H2. The van der Waals surface area contributed by atoms with Crippen LogP contribution in [0.25, 0.3) is 44.5 Å². The fraction of sp³-hybridized carbons (Fsp3) is 0.143. The summed E-state index contributed by atoms with van der Waals surface area (Å²) in [6.45, 7) is 4.31. The van der Waals surface area contributed by atoms with Gasteiger partial charge in [0.15, 0.2) is 0 Å². The second-order valence-electron chi connectivity index (χ2n) is 12.4. The Morgan fingerprint density at radius 1 is 0.271 bits per heavy atom. The molecule has 238 valence electrons. The zero-order valence-corrected chi connectivity index (χ0v) is 26.9. The lowest BCUT2D eigenvalue weighted by Gasteiger charge is -2.12. The number of aromatic amines is 3. The van der Waals surface area contributed by atoms with Crippen LogP contribution < -0.4 is 16.0 Å². The maximum atomic E-state index is 3.88. The van der Waals surface area contributed by atoms with E-state index in [1.54, 1.807) is 0 Å². The van der Waals surface area contributed by atoms with Crippen LogP contribution in [-0.4, -0.2) is 15.0 Å². The van der Waals surface area contributed by atoms with Crippen LogP contribution in [0.4, 0.5) is 0 Å². The Hall–Kier alpha value is -5.40. The zero-order valence-electron chi connectivity index (χ0n) is 26.9. The van der Waals surface area contributed by atoms with E-state index < -0.39 is 0 Å². The molecule has 1 aliphatic rings. The van der Waals surface area contributed by atoms with E-state index in [4.69, 9.17) is 0 Å². The molecule has 4 heterocycles. The van der Waals surface area contributed by atoms with Crippen molar-refractivity contribution >= 4 is 0 Å². The zero-order chi connectivity index (χ0) is 32.1. The summed E-state index contributed by atoms with van der Waals surface area (Å²) in [6, 6.07) is 47.5. The number of rotatable bonds is 4. The van der Waals surface area contributed by atoms with E-state index in [1.165, 1.54) is 78.7 Å². The lowest BCUT2D eigenvalue weighted by atomic mass is 9.94. The van der Waals surface area contributed by atoms with Crippen molar-refractivity contribution in [2.24, 2.45) is 0 Å². The highest BCUT2D eigenvalue weighted by molar-refractivity contribution is 5.89. The van der Waals surface area contributed by atoms with Crippen molar-refractivity contribution in [3.63, 3.8) is 0 Å². The second-order valence-corrected chi connectivity index (χ2v) is 12.4. The van der Waals surface area contributed by atoms with E-state index >= 15 is 0 Å². The van der Waals surface area contributed by atoms with Gasteiger partial charge in [-0.15, -0.1) is 0 Å². The van der Waals surface area contributed by atoms with Gasteiger partial charge in [-0.1, -0.05) is 121 Å². The normalized spacial score (nSPS) is 13.9. The molecule has 0 spiro atoms. The molecule has 6 bridgehead atoms. The average molecular weight is 629 g/mol. The molecular weight excluding hydrogens is 589 g/mol. The smallest absolute Gasteiger partial charge is 0.0376 e. The Labute approximate surface area is 281 Å². The number of benzene rings is 4. The molecule has 6 nitrogen and oxygen atoms in total. The van der Waals surface area contributed by atoms with Gasteiger partial charge >= 0.3 is 0 Å². The summed E-state index contributed by atoms with van der Waals surface area (Å²) in [6.07, 6.45) is 0. The Morgan fingerprint density at radius 2 is 0.542 bits per heavy atom. The van der Waals surface area contributed by atoms with E-state index in [0.717, 1.165) is 26.2 Å². The lowest BCUT2D eigenvalue weighted by Crippen LogP contribution is -2.17. The molecule has 0 saturated carbocycles. The topological polar surface area (TPSA) is 83.5 Å². The van der Waals surface area contributed by atoms with Crippen LogP contribution in [0.2, 0.25) is 0 Å². The van der Waals surface area contributed by atoms with Crippen molar-refractivity contribution in [3.05, 3.63) is 168 Å². The monoisotopic (exact) mass is 628 g/mol. The molecule has 8 rings (SSSR count). The van der Waals surface area contributed by atoms with Gasteiger partial charge < -0.3 is 30.9 Å². The first-order valence-electron chi connectivity index (χ1n) is 16.8. The Morgan fingerprint density at radius 3 is 0.833 bits per heavy atom. The summed E-state index contributed by atoms with van der Waals surface area (Å²) in [7, 11) is 0. The van der Waals surface area contributed by atoms with Gasteiger partial charge in [0, 0.05) is 95.7 Å². The third-order valence-corrected chi connectivity index (χ3v) is 9.21. The SMILES string of the molecule is c1ccc(-c2c3[nH]c(c2-c2ccccc2)CNCc2[nH]c(c(-c4ccccc4)c2-c2ccccc2)CNCc2ccc([nH]2)CNC3)cc1. The first-order chi connectivity index (χ1) is 23.8. The van der Waals surface area contributed by atoms with Gasteiger partial charge in [-0.3, -0.25) is 0 Å². The Bertz CT molecular complexity index is 1940. The van der Waals surface area contributed by atoms with E-state index in [2.05, 4.69) is 164 Å². The molecule has 0 amide bonds. The van der Waals surface area contributed by atoms with E-state index in [9.17, 15) is 0 Å². The molecule has 0 unspecified atom stereocenters. The van der Waals surface area contributed by atoms with Gasteiger partial charge in [0.25, 0.3) is 0 Å². The fourth-order valence-corrected chi connectivity index (χ4v) is 7.10. The minimum absolute atomic E-state index is 0.686. The summed E-state index contributed by atoms with van der Waals surface area (Å²) in [4.78, 5) is 11.4. The lowest BCUT2D eigenvalue weighted by molar-refractivity contribution is 0.640. The number of aromatic nitrogens is 3. The molecule has 4 aromatic carbocycles. The highest BCUT2D eigenvalue weighted by atomic mass is 15.0. The van der Waals surface area contributed by atoms with Crippen LogP contribution in [-0.2, 0) is 39.3 Å². The summed E-state index contributed by atoms with van der Waals surface area (Å²) in [5.74, 6) is 0. The van der Waals surface area contributed by atoms with Crippen LogP contribution >= 0.6 is 0 Å². The maximum Gasteiger partial charge on any atom is 0.0376 e. The molecule has 0 radical (unpaired) electrons. The molecular formula is C42H40N6. The molecule has 0 atom stereocenters. The van der Waals surface area contributed by atoms with Gasteiger partial charge in [-0.2, -0.15) is 0 Å². The molecule has 6 N–H and O–H groups in total. The largest absolute Gasteiger partial charge is 0.360 e. The first-order valence-corrected chi connectivity index (χ1v) is 16.8. The highest BCUT2D eigenvalue weighted by Gasteiger charge is 2.23. The number of H-pyrrole nitrogens is 3. The van der Waals surface area contributed by atoms with Gasteiger partial charge in [0.05, 0.1) is 0 Å². The number of fused-ring (bicyclic) bond motifs is 6. The average Bonchev–Trinajstić information content (AvgIpc) is 3.85. The third kappa shape index (κ3) is 6.17. The van der Waals surface area contributed by atoms with Crippen LogP contribution in [0.1, 0.15) is 34.2 Å². The minimum atomic E-state index is 0.686. The predicted octanol–water partition coefficient (Wildman–Crippen LogP) is 8.52. The molecule has 48 heavy (non-hydrogen) atoms. The molecule has 6 heteroatoms. The summed E-state index contributed by atoms with van der Waals surface area (Å²) >= 11 is 0. The minimum Gasteiger partial charge on any atom is -0.360 e. The van der Waals surface area contributed by atoms with Crippen LogP contribution in [0, 0.1) is 0 Å². The molecule has 3 aromatic heterocycles. The van der Waals surface area contributed by atoms with E-state index in [1.807, 2.05) is 0 Å². The van der Waals surface area contributed by atoms with Crippen molar-refractivity contribution in [2.45, 2.75) is 39.3 Å². The van der Waals surface area contributed by atoms with Crippen LogP contribution in [0.3, 0.4) is 0 Å². The quantitative estimate of drug-likeness (QED) is 0.118. The van der Waals surface area contributed by atoms with Gasteiger partial charge in [0.2, 0.25) is 0 Å². The summed E-state index contributed by atoms with van der Waals surface area (Å²) in [5, 5.41) is 11.3. The van der Waals surface area contributed by atoms with Crippen LogP contribution in [0.15, 0.2) is 133 Å². The Balaban J connectivity index is 1.26. The van der Waals surface area contributed by atoms with Crippen molar-refractivity contribution in [3.8, 4) is 44.5 Å². The van der Waals surface area contributed by atoms with Gasteiger partial charge in [-0.05, 0) is 34.4 Å². The fourth-order valence-electron chi connectivity index (χ4n) is 7.10. The second kappa shape index (κ2) is 13.8. The van der Waals surface area contributed by atoms with Gasteiger partial charge in [-0.25, -0.2) is 0 Å². The van der Waals surface area contributed by atoms with E-state index in [-0.39, 0.29) is 0 Å². The predicted molar refractivity (Wildman–Crippen MR) is 196 cm³/mol. The maximum absolute atomic E-state index is 3.88. The number of hydrogen-bond acceptors (Lipinski definition) is 3. The first kappa shape index (κ1) is 30.0. The molecule has 0 aliphatic carbocycles. The van der Waals surface area contributed by atoms with E-state index in [0.29, 0.717) is 13.1 Å². The summed E-state index contributed by atoms with van der Waals surface area (Å²) in [5.41, 5.74) is 16.9. The highest BCUT2D eigenvalue weighted by Crippen LogP contribution is 2.40. The summed E-state index contributed by atoms with van der Waals surface area (Å²) < 4.78 is 0. The van der Waals surface area contributed by atoms with Gasteiger partial charge in [0.1, 0.15) is 0 Å². The third-order valence-electron chi connectivity index (χ3n) is 9.21. The molecule has 7 aromatic rings. The van der Waals surface area contributed by atoms with Crippen LogP contribution in [0.5, 0.6) is 0 Å². The molecule has 1 aliphatic heterocycles. The van der Waals surface area contributed by atoms with Crippen molar-refractivity contribution < 1.29 is 0 Å². The Kier molecular flexibility index (Phi) is 8.59. The van der Waals surface area contributed by atoms with Crippen molar-refractivity contribution in [2.75, 3.05) is 0 Å².